The maximum atomic E-state index is 13.6. The fraction of sp³-hybridized carbons (Fsp3) is 0.591. The molecule has 32 heteroatoms. The third-order valence-corrected chi connectivity index (χ3v) is 15.9. The highest BCUT2D eigenvalue weighted by molar-refractivity contribution is 5.79. The van der Waals surface area contributed by atoms with Gasteiger partial charge in [-0.05, 0) is 124 Å². The molecule has 548 valence electrons. The summed E-state index contributed by atoms with van der Waals surface area (Å²) in [6.45, 7) is 14.5. The molecule has 0 spiro atoms. The minimum atomic E-state index is -0.732. The highest BCUT2D eigenvalue weighted by Crippen LogP contribution is 2.14. The quantitative estimate of drug-likeness (QED) is 0.0359. The summed E-state index contributed by atoms with van der Waals surface area (Å²) in [5.41, 5.74) is 25.5. The molecule has 0 aliphatic carbocycles. The molecule has 98 heavy (non-hydrogen) atoms. The van der Waals surface area contributed by atoms with Gasteiger partial charge in [-0.1, -0.05) is 109 Å². The van der Waals surface area contributed by atoms with Crippen molar-refractivity contribution in [3.8, 4) is 11.5 Å². The van der Waals surface area contributed by atoms with Gasteiger partial charge in [0.25, 0.3) is 0 Å². The zero-order chi connectivity index (χ0) is 72.4. The van der Waals surface area contributed by atoms with Crippen molar-refractivity contribution in [2.24, 2.45) is 40.7 Å². The molecule has 0 aliphatic heterocycles. The maximum absolute atomic E-state index is 13.6. The van der Waals surface area contributed by atoms with Gasteiger partial charge in [0, 0.05) is 83.1 Å². The van der Waals surface area contributed by atoms with Crippen molar-refractivity contribution >= 4 is 54.3 Å². The summed E-state index contributed by atoms with van der Waals surface area (Å²) < 4.78 is 0. The Morgan fingerprint density at radius 3 is 1.01 bits per heavy atom. The first-order chi connectivity index (χ1) is 46.7. The molecule has 0 radical (unpaired) electrons. The first-order valence-electron chi connectivity index (χ1n) is 33.8. The highest BCUT2D eigenvalue weighted by atomic mass is 16.3. The highest BCUT2D eigenvalue weighted by Gasteiger charge is 2.25. The van der Waals surface area contributed by atoms with Gasteiger partial charge in [0.1, 0.15) is 11.5 Å². The van der Waals surface area contributed by atoms with E-state index in [0.29, 0.717) is 58.0 Å². The Balaban J connectivity index is 1.53. The van der Waals surface area contributed by atoms with Crippen molar-refractivity contribution in [3.05, 3.63) is 95.6 Å². The fourth-order valence-corrected chi connectivity index (χ4v) is 9.93. The predicted molar refractivity (Wildman–Crippen MR) is 378 cm³/mol. The Morgan fingerprint density at radius 1 is 0.347 bits per heavy atom. The van der Waals surface area contributed by atoms with E-state index in [4.69, 9.17) is 22.9 Å². The standard InChI is InChI=1S/C66H113N21O11/c1-41(2)55(38-77-63(95)84-52(31-47-21-25-54(89)26-22-47)36-75-59(91)80-44(7)32-71-58(70)90)85-64(96)74-35-50(18-12-14-28-68)82-61(93)76-37-51(30-45-15-9-8-10-16-45)83-62(94)78-39-56(42(3)4)87-66(98)79-40-57(43(5)6)86-65(97)73-34-49(17-11-13-27-67)81-60(92)72-33-48(69)29-46-19-23-53(88)24-20-46/h8-10,15-16,19-26,41-44,48-52,55-57,88-89H,11-14,17-18,27-40,67-69H2,1-7H3,(H3,70,71,90)(H2,72,81,92)(H2,73,86,97)(H2,74,85,96)(H2,75,80,91)(H2,76,82,93)(H2,77,84,95)(H2,78,83,94)(H2,79,87,98)/t44-,48-,49-,50-,51-,52-,55+,56+,57+/m0/s1. The molecule has 9 atom stereocenters. The van der Waals surface area contributed by atoms with Gasteiger partial charge >= 0.3 is 54.3 Å². The summed E-state index contributed by atoms with van der Waals surface area (Å²) in [7, 11) is 0. The lowest BCUT2D eigenvalue weighted by Crippen LogP contribution is -2.56. The van der Waals surface area contributed by atoms with Crippen molar-refractivity contribution in [3.63, 3.8) is 0 Å². The molecule has 3 aromatic carbocycles. The smallest absolute Gasteiger partial charge is 0.315 e. The van der Waals surface area contributed by atoms with E-state index in [2.05, 4.69) is 90.4 Å². The van der Waals surface area contributed by atoms with Crippen molar-refractivity contribution in [2.45, 2.75) is 161 Å². The molecular weight excluding hydrogens is 1260 g/mol. The number of carbonyl (C=O) groups excluding carboxylic acids is 9. The lowest BCUT2D eigenvalue weighted by Gasteiger charge is -2.27. The first-order valence-corrected chi connectivity index (χ1v) is 33.8. The van der Waals surface area contributed by atoms with Gasteiger partial charge < -0.3 is 124 Å². The SMILES string of the molecule is CC(C)[C@@H](CNC(=O)N[C@H](CNC(=O)N[C@@H](C)CNC(N)=O)Cc1ccc(O)cc1)NC(=O)NC[C@H](CCCCN)NC(=O)NC[C@H](Cc1ccccc1)NC(=O)NC[C@@H](NC(=O)NC[C@@H](NC(=O)NC[C@H](CCCCN)NC(=O)NC[C@@H](N)Cc1ccc(O)cc1)C(C)C)C(C)C. The molecule has 0 aromatic heterocycles. The Labute approximate surface area is 576 Å². The number of nitrogens with two attached hydrogens (primary N) is 4. The normalized spacial score (nSPS) is 13.8. The molecule has 0 fully saturated rings. The lowest BCUT2D eigenvalue weighted by atomic mass is 10.0. The maximum Gasteiger partial charge on any atom is 0.315 e. The minimum Gasteiger partial charge on any atom is -0.508 e. The molecule has 3 rings (SSSR count). The zero-order valence-corrected chi connectivity index (χ0v) is 58.0. The molecule has 0 heterocycles. The first kappa shape index (κ1) is 82.8. The second-order valence-electron chi connectivity index (χ2n) is 25.6. The van der Waals surface area contributed by atoms with E-state index < -0.39 is 103 Å². The largest absolute Gasteiger partial charge is 0.508 e. The number of amides is 18. The number of phenolic OH excluding ortho intramolecular Hbond substituents is 2. The van der Waals surface area contributed by atoms with Crippen molar-refractivity contribution in [1.29, 1.82) is 0 Å². The van der Waals surface area contributed by atoms with Crippen LogP contribution in [0.1, 0.15) is 104 Å². The number of primary amides is 1. The second kappa shape index (κ2) is 46.7. The summed E-state index contributed by atoms with van der Waals surface area (Å²) in [4.78, 5) is 117. The Hall–Kier alpha value is -9.43. The number of urea groups is 9. The summed E-state index contributed by atoms with van der Waals surface area (Å²) in [5, 5.41) is 67.6. The predicted octanol–water partition coefficient (Wildman–Crippen LogP) is 1.71. The number of carbonyl (C=O) groups is 9. The van der Waals surface area contributed by atoms with Gasteiger partial charge in [0.05, 0.1) is 30.2 Å². The van der Waals surface area contributed by atoms with E-state index in [0.717, 1.165) is 23.1 Å². The van der Waals surface area contributed by atoms with Gasteiger partial charge in [0.15, 0.2) is 0 Å². The Morgan fingerprint density at radius 2 is 0.653 bits per heavy atom. The van der Waals surface area contributed by atoms with Crippen LogP contribution in [-0.2, 0) is 19.3 Å². The molecule has 32 nitrogen and oxygen atoms in total. The van der Waals surface area contributed by atoms with E-state index >= 15 is 0 Å². The van der Waals surface area contributed by atoms with Crippen LogP contribution in [0.2, 0.25) is 0 Å². The van der Waals surface area contributed by atoms with E-state index in [1.165, 1.54) is 12.1 Å². The average molecular weight is 1380 g/mol. The number of hydrogen-bond acceptors (Lipinski definition) is 14. The summed E-state index contributed by atoms with van der Waals surface area (Å²) >= 11 is 0. The summed E-state index contributed by atoms with van der Waals surface area (Å²) in [6, 6.07) is 13.0. The number of phenols is 2. The molecule has 0 bridgehead atoms. The number of rotatable bonds is 43. The third-order valence-electron chi connectivity index (χ3n) is 15.9. The van der Waals surface area contributed by atoms with E-state index in [-0.39, 0.29) is 101 Å². The molecule has 3 aromatic rings. The van der Waals surface area contributed by atoms with Crippen molar-refractivity contribution in [1.82, 2.24) is 90.4 Å². The molecule has 0 saturated carbocycles. The monoisotopic (exact) mass is 1380 g/mol. The van der Waals surface area contributed by atoms with Gasteiger partial charge in [-0.15, -0.1) is 0 Å². The number of aromatic hydroxyl groups is 2. The fourth-order valence-electron chi connectivity index (χ4n) is 9.93. The van der Waals surface area contributed by atoms with E-state index in [1.807, 2.05) is 71.9 Å². The van der Waals surface area contributed by atoms with Gasteiger partial charge in [0.2, 0.25) is 0 Å². The van der Waals surface area contributed by atoms with Crippen LogP contribution >= 0.6 is 0 Å². The average Bonchev–Trinajstić information content (AvgIpc) is 1.70. The van der Waals surface area contributed by atoms with Crippen LogP contribution < -0.4 is 113 Å². The second-order valence-corrected chi connectivity index (χ2v) is 25.6. The van der Waals surface area contributed by atoms with Crippen LogP contribution in [-0.4, -0.2) is 191 Å². The van der Waals surface area contributed by atoms with Crippen molar-refractivity contribution < 1.29 is 53.4 Å². The number of benzene rings is 3. The summed E-state index contributed by atoms with van der Waals surface area (Å²) in [6.07, 6.45) is 4.90. The Kier molecular flexibility index (Phi) is 39.4. The van der Waals surface area contributed by atoms with Gasteiger partial charge in [-0.25, -0.2) is 43.2 Å². The molecule has 18 amide bonds. The van der Waals surface area contributed by atoms with Gasteiger partial charge in [-0.2, -0.15) is 0 Å². The number of nitrogens with one attached hydrogen (secondary N) is 17. The van der Waals surface area contributed by atoms with Crippen molar-refractivity contribution in [2.75, 3.05) is 72.0 Å². The van der Waals surface area contributed by atoms with Crippen LogP contribution in [0.15, 0.2) is 78.9 Å². The van der Waals surface area contributed by atoms with Crippen LogP contribution in [0.3, 0.4) is 0 Å². The van der Waals surface area contributed by atoms with Crippen LogP contribution in [0, 0.1) is 17.8 Å². The summed E-state index contributed by atoms with van der Waals surface area (Å²) in [5.74, 6) is -0.158. The number of hydrogen-bond donors (Lipinski definition) is 23. The third kappa shape index (κ3) is 37.8. The molecule has 0 unspecified atom stereocenters. The Bertz CT molecular complexity index is 2840. The number of unbranched alkanes of at least 4 members (excludes halogenated alkanes) is 2. The van der Waals surface area contributed by atoms with Crippen LogP contribution in [0.5, 0.6) is 11.5 Å². The van der Waals surface area contributed by atoms with Gasteiger partial charge in [-0.3, -0.25) is 0 Å². The molecule has 0 aliphatic rings. The minimum absolute atomic E-state index is 0.00936. The lowest BCUT2D eigenvalue weighted by molar-refractivity contribution is 0.219. The van der Waals surface area contributed by atoms with E-state index in [9.17, 15) is 53.4 Å². The molecule has 0 saturated heterocycles. The topological polar surface area (TPSA) is 503 Å². The molecular formula is C66H113N21O11. The van der Waals surface area contributed by atoms with Crippen LogP contribution in [0.25, 0.3) is 0 Å². The van der Waals surface area contributed by atoms with Crippen LogP contribution in [0.4, 0.5) is 43.2 Å². The molecule has 27 N–H and O–H groups in total. The zero-order valence-electron chi connectivity index (χ0n) is 58.0. The van der Waals surface area contributed by atoms with E-state index in [1.54, 1.807) is 43.3 Å².